The van der Waals surface area contributed by atoms with E-state index >= 15 is 0 Å². The first kappa shape index (κ1) is 32.7. The Kier molecular flexibility index (Phi) is 24.6. The number of rotatable bonds is 22. The van der Waals surface area contributed by atoms with Crippen molar-refractivity contribution in [2.45, 2.75) is 22.2 Å². The summed E-state index contributed by atoms with van der Waals surface area (Å²) in [6.45, 7) is 0. The second kappa shape index (κ2) is 24.1. The Balaban J connectivity index is 2.69. The summed E-state index contributed by atoms with van der Waals surface area (Å²) in [7, 11) is 0. The van der Waals surface area contributed by atoms with Crippen molar-refractivity contribution in [2.75, 3.05) is 75.3 Å². The highest BCUT2D eigenvalue weighted by atomic mass is 32.2. The van der Waals surface area contributed by atoms with E-state index in [1.165, 1.54) is 45.0 Å². The number of benzene rings is 1. The van der Waals surface area contributed by atoms with Gasteiger partial charge in [0, 0.05) is 73.9 Å². The number of hydrogen-bond donors (Lipinski definition) is 3. The molecule has 0 amide bonds. The molecule has 32 heavy (non-hydrogen) atoms. The third-order valence-corrected chi connectivity index (χ3v) is 13.4. The van der Waals surface area contributed by atoms with Gasteiger partial charge in [-0.3, -0.25) is 0 Å². The zero-order valence-corrected chi connectivity index (χ0v) is 27.4. The lowest BCUT2D eigenvalue weighted by Gasteiger charge is -2.16. The van der Waals surface area contributed by atoms with E-state index in [1.807, 2.05) is 47.0 Å². The van der Waals surface area contributed by atoms with Gasteiger partial charge in [-0.05, 0) is 40.2 Å². The summed E-state index contributed by atoms with van der Waals surface area (Å²) >= 11 is 27.2. The second-order valence-electron chi connectivity index (χ2n) is 6.61. The van der Waals surface area contributed by atoms with Crippen LogP contribution in [0, 0.1) is 0 Å². The fourth-order valence-electron chi connectivity index (χ4n) is 2.79. The normalized spacial score (nSPS) is 11.4. The maximum atomic E-state index is 4.31. The molecule has 0 radical (unpaired) electrons. The van der Waals surface area contributed by atoms with Gasteiger partial charge >= 0.3 is 0 Å². The van der Waals surface area contributed by atoms with Gasteiger partial charge in [-0.25, -0.2) is 0 Å². The van der Waals surface area contributed by atoms with Gasteiger partial charge in [0.2, 0.25) is 0 Å². The van der Waals surface area contributed by atoms with Crippen LogP contribution in [-0.2, 0) is 17.3 Å². The lowest BCUT2D eigenvalue weighted by molar-refractivity contribution is 1.15. The highest BCUT2D eigenvalue weighted by molar-refractivity contribution is 8.04. The lowest BCUT2D eigenvalue weighted by Crippen LogP contribution is -1.99. The first-order valence-electron chi connectivity index (χ1n) is 10.7. The first-order valence-corrected chi connectivity index (χ1v) is 20.8. The molecule has 1 rings (SSSR count). The summed E-state index contributed by atoms with van der Waals surface area (Å²) < 4.78 is 0. The quantitative estimate of drug-likeness (QED) is 0.0670. The Bertz CT molecular complexity index is 533. The summed E-state index contributed by atoms with van der Waals surface area (Å²) in [6, 6.07) is 4.98. The molecular formula is C22H38S10. The molecule has 0 unspecified atom stereocenters. The van der Waals surface area contributed by atoms with E-state index in [9.17, 15) is 0 Å². The molecule has 0 spiro atoms. The van der Waals surface area contributed by atoms with Crippen molar-refractivity contribution >= 4 is 120 Å². The minimum Gasteiger partial charge on any atom is -0.179 e. The van der Waals surface area contributed by atoms with Crippen LogP contribution >= 0.6 is 120 Å². The third-order valence-electron chi connectivity index (χ3n) is 4.11. The van der Waals surface area contributed by atoms with Gasteiger partial charge in [-0.2, -0.15) is 108 Å². The van der Waals surface area contributed by atoms with Crippen LogP contribution in [0.3, 0.4) is 0 Å². The molecule has 0 heterocycles. The van der Waals surface area contributed by atoms with Crippen LogP contribution < -0.4 is 0 Å². The minimum atomic E-state index is 0.979. The topological polar surface area (TPSA) is 0 Å². The minimum absolute atomic E-state index is 0.979. The van der Waals surface area contributed by atoms with Crippen LogP contribution in [0.2, 0.25) is 0 Å². The zero-order chi connectivity index (χ0) is 23.3. The third kappa shape index (κ3) is 16.5. The van der Waals surface area contributed by atoms with Crippen molar-refractivity contribution in [1.82, 2.24) is 0 Å². The summed E-state index contributed by atoms with van der Waals surface area (Å²) in [5.41, 5.74) is 4.60. The fourth-order valence-corrected chi connectivity index (χ4v) is 10.5. The highest BCUT2D eigenvalue weighted by Crippen LogP contribution is 2.33. The van der Waals surface area contributed by atoms with Gasteiger partial charge in [-0.15, -0.1) is 11.8 Å². The maximum Gasteiger partial charge on any atom is 0.0196 e. The number of hydrogen-bond acceptors (Lipinski definition) is 10. The molecule has 0 aliphatic rings. The Labute approximate surface area is 244 Å². The van der Waals surface area contributed by atoms with Gasteiger partial charge in [0.15, 0.2) is 0 Å². The molecule has 0 saturated carbocycles. The van der Waals surface area contributed by atoms with Gasteiger partial charge < -0.3 is 0 Å². The summed E-state index contributed by atoms with van der Waals surface area (Å²) in [6.07, 6.45) is 2.25. The van der Waals surface area contributed by atoms with Crippen molar-refractivity contribution in [3.05, 3.63) is 28.8 Å². The van der Waals surface area contributed by atoms with E-state index in [1.54, 1.807) is 11.1 Å². The number of thioether (sulfide) groups is 7. The van der Waals surface area contributed by atoms with Crippen LogP contribution in [0.4, 0.5) is 0 Å². The largest absolute Gasteiger partial charge is 0.179 e. The average molecular weight is 623 g/mol. The van der Waals surface area contributed by atoms with Crippen molar-refractivity contribution in [1.29, 1.82) is 0 Å². The molecule has 0 fully saturated rings. The zero-order valence-electron chi connectivity index (χ0n) is 19.0. The van der Waals surface area contributed by atoms with Gasteiger partial charge in [0.1, 0.15) is 0 Å². The molecular weight excluding hydrogens is 585 g/mol. The lowest BCUT2D eigenvalue weighted by atomic mass is 10.1. The van der Waals surface area contributed by atoms with Crippen LogP contribution in [-0.4, -0.2) is 75.3 Å². The van der Waals surface area contributed by atoms with E-state index in [4.69, 9.17) is 0 Å². The predicted molar refractivity (Wildman–Crippen MR) is 180 cm³/mol. The summed E-state index contributed by atoms with van der Waals surface area (Å²) in [4.78, 5) is 1.52. The van der Waals surface area contributed by atoms with Gasteiger partial charge in [-0.1, -0.05) is 12.1 Å². The van der Waals surface area contributed by atoms with Gasteiger partial charge in [0.25, 0.3) is 0 Å². The molecule has 0 N–H and O–H groups in total. The molecule has 0 aromatic heterocycles. The monoisotopic (exact) mass is 622 g/mol. The first-order chi connectivity index (χ1) is 15.8. The molecule has 0 aliphatic carbocycles. The van der Waals surface area contributed by atoms with Crippen LogP contribution in [0.25, 0.3) is 0 Å². The second-order valence-corrected chi connectivity index (χ2v) is 15.8. The van der Waals surface area contributed by atoms with Gasteiger partial charge in [0.05, 0.1) is 0 Å². The Morgan fingerprint density at radius 3 is 1.28 bits per heavy atom. The average Bonchev–Trinajstić information content (AvgIpc) is 2.80. The van der Waals surface area contributed by atoms with Crippen LogP contribution in [0.5, 0.6) is 0 Å². The molecule has 10 heteroatoms. The Morgan fingerprint density at radius 2 is 0.906 bits per heavy atom. The van der Waals surface area contributed by atoms with E-state index in [0.29, 0.717) is 0 Å². The standard InChI is InChI=1S/C22H38S10/c1-26-22-20(17-31-12-9-28-6-3-24)14-19(16-30-11-8-27-5-2-23)15-21(22)18-32-13-10-29-7-4-25/h14-15,23-25H,2-13,16-18H2,1H3. The van der Waals surface area contributed by atoms with Crippen molar-refractivity contribution < 1.29 is 0 Å². The molecule has 1 aromatic rings. The van der Waals surface area contributed by atoms with Crippen LogP contribution in [0.1, 0.15) is 16.7 Å². The molecule has 186 valence electrons. The predicted octanol–water partition coefficient (Wildman–Crippen LogP) is 8.10. The van der Waals surface area contributed by atoms with E-state index < -0.39 is 0 Å². The Morgan fingerprint density at radius 1 is 0.531 bits per heavy atom. The van der Waals surface area contributed by atoms with E-state index in [-0.39, 0.29) is 0 Å². The van der Waals surface area contributed by atoms with Crippen molar-refractivity contribution in [2.24, 2.45) is 0 Å². The number of thiol groups is 3. The molecule has 0 bridgehead atoms. The van der Waals surface area contributed by atoms with Crippen molar-refractivity contribution in [3.8, 4) is 0 Å². The maximum absolute atomic E-state index is 4.31. The molecule has 1 aromatic carbocycles. The summed E-state index contributed by atoms with van der Waals surface area (Å²) in [5.74, 6) is 17.2. The molecule has 0 nitrogen and oxygen atoms in total. The summed E-state index contributed by atoms with van der Waals surface area (Å²) in [5, 5.41) is 0. The fraction of sp³-hybridized carbons (Fsp3) is 0.727. The Hall–Kier alpha value is 2.72. The molecule has 0 saturated heterocycles. The van der Waals surface area contributed by atoms with Crippen molar-refractivity contribution in [3.63, 3.8) is 0 Å². The SMILES string of the molecule is CSc1c(CSCCSCCS)cc(CSCCSCCS)cc1CSCCSCCS. The molecule has 0 atom stereocenters. The molecule has 0 aliphatic heterocycles. The van der Waals surface area contributed by atoms with Crippen LogP contribution in [0.15, 0.2) is 17.0 Å². The van der Waals surface area contributed by atoms with E-state index in [2.05, 4.69) is 91.6 Å². The van der Waals surface area contributed by atoms with E-state index in [0.717, 1.165) is 51.8 Å². The smallest absolute Gasteiger partial charge is 0.0196 e. The highest BCUT2D eigenvalue weighted by Gasteiger charge is 2.11.